The first-order valence-electron chi connectivity index (χ1n) is 4.04. The molecular formula is C9H21NO. The van der Waals surface area contributed by atoms with Gasteiger partial charge in [-0.25, -0.2) is 0 Å². The molecule has 0 aromatic heterocycles. The number of aliphatic hydroxyl groups excluding tert-OH is 1. The highest BCUT2D eigenvalue weighted by Gasteiger charge is 2.37. The molecule has 0 saturated carbocycles. The Morgan fingerprint density at radius 1 is 1.09 bits per heavy atom. The molecule has 0 amide bonds. The molecular weight excluding hydrogens is 138 g/mol. The molecule has 11 heavy (non-hydrogen) atoms. The lowest BCUT2D eigenvalue weighted by atomic mass is 9.74. The second-order valence-corrected chi connectivity index (χ2v) is 4.50. The van der Waals surface area contributed by atoms with Crippen molar-refractivity contribution in [3.63, 3.8) is 0 Å². The van der Waals surface area contributed by atoms with Gasteiger partial charge in [-0.05, 0) is 27.9 Å². The normalized spacial score (nSPS) is 14.2. The summed E-state index contributed by atoms with van der Waals surface area (Å²) in [5.74, 6) is 0. The van der Waals surface area contributed by atoms with Crippen LogP contribution in [-0.2, 0) is 0 Å². The molecule has 0 bridgehead atoms. The van der Waals surface area contributed by atoms with Gasteiger partial charge in [-0.15, -0.1) is 0 Å². The summed E-state index contributed by atoms with van der Waals surface area (Å²) >= 11 is 0. The van der Waals surface area contributed by atoms with Crippen LogP contribution in [0, 0.1) is 5.41 Å². The molecule has 2 heteroatoms. The van der Waals surface area contributed by atoms with Crippen LogP contribution in [-0.4, -0.2) is 36.2 Å². The first-order chi connectivity index (χ1) is 4.75. The van der Waals surface area contributed by atoms with Crippen molar-refractivity contribution in [3.8, 4) is 0 Å². The van der Waals surface area contributed by atoms with Crippen LogP contribution >= 0.6 is 0 Å². The lowest BCUT2D eigenvalue weighted by Crippen LogP contribution is -2.52. The molecule has 0 spiro atoms. The highest BCUT2D eigenvalue weighted by atomic mass is 16.3. The van der Waals surface area contributed by atoms with Gasteiger partial charge in [-0.2, -0.15) is 0 Å². The van der Waals surface area contributed by atoms with Crippen LogP contribution in [0.2, 0.25) is 0 Å². The number of rotatable bonds is 3. The van der Waals surface area contributed by atoms with Gasteiger partial charge in [0.1, 0.15) is 0 Å². The second kappa shape index (κ2) is 3.11. The molecule has 0 aliphatic heterocycles. The number of hydrogen-bond donors (Lipinski definition) is 1. The molecule has 0 unspecified atom stereocenters. The third-order valence-electron chi connectivity index (χ3n) is 3.17. The SMILES string of the molecule is CN(C)C(C)(C)C(C)(C)CO. The van der Waals surface area contributed by atoms with Crippen molar-refractivity contribution in [3.05, 3.63) is 0 Å². The zero-order valence-corrected chi connectivity index (χ0v) is 8.60. The zero-order valence-electron chi connectivity index (χ0n) is 8.60. The van der Waals surface area contributed by atoms with Gasteiger partial charge in [0.05, 0.1) is 0 Å². The van der Waals surface area contributed by atoms with Crippen molar-refractivity contribution in [2.45, 2.75) is 33.2 Å². The molecule has 2 nitrogen and oxygen atoms in total. The fraction of sp³-hybridized carbons (Fsp3) is 1.00. The summed E-state index contributed by atoms with van der Waals surface area (Å²) in [6.07, 6.45) is 0. The zero-order chi connectivity index (χ0) is 9.28. The van der Waals surface area contributed by atoms with E-state index in [1.807, 2.05) is 14.1 Å². The van der Waals surface area contributed by atoms with Gasteiger partial charge in [-0.1, -0.05) is 13.8 Å². The van der Waals surface area contributed by atoms with Gasteiger partial charge in [0.25, 0.3) is 0 Å². The average Bonchev–Trinajstić information content (AvgIpc) is 1.87. The number of hydrogen-bond acceptors (Lipinski definition) is 2. The Morgan fingerprint density at radius 2 is 1.45 bits per heavy atom. The molecule has 0 aromatic carbocycles. The first kappa shape index (κ1) is 10.9. The Morgan fingerprint density at radius 3 is 1.55 bits per heavy atom. The summed E-state index contributed by atoms with van der Waals surface area (Å²) in [4.78, 5) is 2.14. The quantitative estimate of drug-likeness (QED) is 0.672. The Balaban J connectivity index is 4.53. The number of nitrogens with zero attached hydrogens (tertiary/aromatic N) is 1. The third-order valence-corrected chi connectivity index (χ3v) is 3.17. The predicted molar refractivity (Wildman–Crippen MR) is 48.6 cm³/mol. The highest BCUT2D eigenvalue weighted by molar-refractivity contribution is 4.92. The van der Waals surface area contributed by atoms with E-state index >= 15 is 0 Å². The van der Waals surface area contributed by atoms with E-state index in [0.717, 1.165) is 0 Å². The van der Waals surface area contributed by atoms with Crippen LogP contribution in [0.5, 0.6) is 0 Å². The molecule has 0 radical (unpaired) electrons. The molecule has 68 valence electrons. The Bertz CT molecular complexity index is 128. The van der Waals surface area contributed by atoms with Gasteiger partial charge in [-0.3, -0.25) is 0 Å². The first-order valence-corrected chi connectivity index (χ1v) is 4.04. The summed E-state index contributed by atoms with van der Waals surface area (Å²) in [5.41, 5.74) is -0.0295. The maximum absolute atomic E-state index is 9.15. The summed E-state index contributed by atoms with van der Waals surface area (Å²) in [6, 6.07) is 0. The molecule has 0 aromatic rings. The number of aliphatic hydroxyl groups is 1. The summed E-state index contributed by atoms with van der Waals surface area (Å²) < 4.78 is 0. The highest BCUT2D eigenvalue weighted by Crippen LogP contribution is 2.33. The van der Waals surface area contributed by atoms with Crippen LogP contribution in [0.1, 0.15) is 27.7 Å². The lowest BCUT2D eigenvalue weighted by Gasteiger charge is -2.45. The molecule has 0 saturated heterocycles. The Labute approximate surface area is 70.2 Å². The molecule has 0 aliphatic carbocycles. The van der Waals surface area contributed by atoms with Gasteiger partial charge in [0.15, 0.2) is 0 Å². The topological polar surface area (TPSA) is 23.5 Å². The maximum Gasteiger partial charge on any atom is 0.0499 e. The van der Waals surface area contributed by atoms with Crippen LogP contribution in [0.4, 0.5) is 0 Å². The molecule has 0 fully saturated rings. The van der Waals surface area contributed by atoms with E-state index in [4.69, 9.17) is 5.11 Å². The van der Waals surface area contributed by atoms with Crippen molar-refractivity contribution in [1.82, 2.24) is 4.90 Å². The third kappa shape index (κ3) is 1.94. The molecule has 0 rings (SSSR count). The van der Waals surface area contributed by atoms with Crippen LogP contribution in [0.15, 0.2) is 0 Å². The Hall–Kier alpha value is -0.0800. The van der Waals surface area contributed by atoms with Gasteiger partial charge < -0.3 is 10.0 Å². The van der Waals surface area contributed by atoms with Gasteiger partial charge in [0, 0.05) is 17.6 Å². The Kier molecular flexibility index (Phi) is 3.09. The molecule has 1 N–H and O–H groups in total. The van der Waals surface area contributed by atoms with Crippen molar-refractivity contribution < 1.29 is 5.11 Å². The largest absolute Gasteiger partial charge is 0.396 e. The minimum atomic E-state index is -0.0590. The van der Waals surface area contributed by atoms with Crippen LogP contribution in [0.25, 0.3) is 0 Å². The van der Waals surface area contributed by atoms with E-state index in [0.29, 0.717) is 0 Å². The summed E-state index contributed by atoms with van der Waals surface area (Å²) in [6.45, 7) is 8.66. The van der Waals surface area contributed by atoms with Gasteiger partial charge in [0.2, 0.25) is 0 Å². The molecule has 0 atom stereocenters. The minimum absolute atomic E-state index is 0.0295. The van der Waals surface area contributed by atoms with Gasteiger partial charge >= 0.3 is 0 Å². The van der Waals surface area contributed by atoms with E-state index in [1.165, 1.54) is 0 Å². The van der Waals surface area contributed by atoms with E-state index < -0.39 is 0 Å². The smallest absolute Gasteiger partial charge is 0.0499 e. The van der Waals surface area contributed by atoms with E-state index in [9.17, 15) is 0 Å². The second-order valence-electron chi connectivity index (χ2n) is 4.50. The summed E-state index contributed by atoms with van der Waals surface area (Å²) in [5, 5.41) is 9.15. The monoisotopic (exact) mass is 159 g/mol. The predicted octanol–water partition coefficient (Wildman–Crippen LogP) is 1.35. The van der Waals surface area contributed by atoms with E-state index in [1.54, 1.807) is 0 Å². The van der Waals surface area contributed by atoms with Crippen LogP contribution in [0.3, 0.4) is 0 Å². The minimum Gasteiger partial charge on any atom is -0.396 e. The average molecular weight is 159 g/mol. The van der Waals surface area contributed by atoms with Crippen molar-refractivity contribution >= 4 is 0 Å². The van der Waals surface area contributed by atoms with E-state index in [2.05, 4.69) is 32.6 Å². The van der Waals surface area contributed by atoms with Crippen LogP contribution < -0.4 is 0 Å². The van der Waals surface area contributed by atoms with E-state index in [-0.39, 0.29) is 17.6 Å². The standard InChI is InChI=1S/C9H21NO/c1-8(2,7-11)9(3,4)10(5)6/h11H,7H2,1-6H3. The summed E-state index contributed by atoms with van der Waals surface area (Å²) in [7, 11) is 4.08. The fourth-order valence-electron chi connectivity index (χ4n) is 0.799. The van der Waals surface area contributed by atoms with Crippen molar-refractivity contribution in [2.24, 2.45) is 5.41 Å². The van der Waals surface area contributed by atoms with Crippen molar-refractivity contribution in [1.29, 1.82) is 0 Å². The maximum atomic E-state index is 9.15. The van der Waals surface area contributed by atoms with Crippen molar-refractivity contribution in [2.75, 3.05) is 20.7 Å². The molecule has 0 heterocycles. The molecule has 0 aliphatic rings. The fourth-order valence-corrected chi connectivity index (χ4v) is 0.799. The lowest BCUT2D eigenvalue weighted by molar-refractivity contribution is 0.00480.